The second-order valence-electron chi connectivity index (χ2n) is 3.22. The molecule has 0 aromatic carbocycles. The molecule has 1 aliphatic heterocycles. The smallest absolute Gasteiger partial charge is 0.164 e. The van der Waals surface area contributed by atoms with E-state index in [1.165, 1.54) is 0 Å². The van der Waals surface area contributed by atoms with Crippen molar-refractivity contribution in [3.8, 4) is 0 Å². The maximum absolute atomic E-state index is 5.42. The molecular formula is C8H14N4O. The number of ether oxygens (including phenoxy) is 1. The first-order valence-corrected chi connectivity index (χ1v) is 4.58. The lowest BCUT2D eigenvalue weighted by molar-refractivity contribution is 0.0547. The molecule has 2 rings (SSSR count). The monoisotopic (exact) mass is 182 g/mol. The topological polar surface area (TPSA) is 66.0 Å². The number of nitrogens with zero attached hydrogens (tertiary/aromatic N) is 3. The summed E-state index contributed by atoms with van der Waals surface area (Å²) < 4.78 is 7.22. The molecule has 0 radical (unpaired) electrons. The van der Waals surface area contributed by atoms with E-state index in [9.17, 15) is 0 Å². The van der Waals surface area contributed by atoms with Crippen LogP contribution in [0.25, 0.3) is 0 Å². The summed E-state index contributed by atoms with van der Waals surface area (Å²) in [5, 5.41) is 4.25. The molecule has 72 valence electrons. The summed E-state index contributed by atoms with van der Waals surface area (Å²) in [7, 11) is 0. The van der Waals surface area contributed by atoms with Crippen molar-refractivity contribution in [1.29, 1.82) is 0 Å². The quantitative estimate of drug-likeness (QED) is 0.703. The average molecular weight is 182 g/mol. The molecule has 1 aromatic heterocycles. The van der Waals surface area contributed by atoms with Gasteiger partial charge in [0.05, 0.1) is 19.2 Å². The second kappa shape index (κ2) is 3.85. The standard InChI is InChI=1S/C8H14N4O/c9-4-8-10-6-12(11-8)7-2-1-3-13-5-7/h6-7H,1-5,9H2. The van der Waals surface area contributed by atoms with Crippen LogP contribution in [0, 0.1) is 0 Å². The maximum atomic E-state index is 5.42. The third-order valence-corrected chi connectivity index (χ3v) is 2.25. The van der Waals surface area contributed by atoms with Gasteiger partial charge in [0, 0.05) is 6.61 Å². The highest BCUT2D eigenvalue weighted by molar-refractivity contribution is 4.82. The van der Waals surface area contributed by atoms with E-state index < -0.39 is 0 Å². The van der Waals surface area contributed by atoms with Gasteiger partial charge < -0.3 is 10.5 Å². The van der Waals surface area contributed by atoms with Gasteiger partial charge in [-0.05, 0) is 12.8 Å². The van der Waals surface area contributed by atoms with Gasteiger partial charge in [0.1, 0.15) is 6.33 Å². The van der Waals surface area contributed by atoms with Crippen molar-refractivity contribution in [2.75, 3.05) is 13.2 Å². The van der Waals surface area contributed by atoms with Crippen LogP contribution in [0.3, 0.4) is 0 Å². The fourth-order valence-electron chi connectivity index (χ4n) is 1.51. The van der Waals surface area contributed by atoms with E-state index in [4.69, 9.17) is 10.5 Å². The number of rotatable bonds is 2. The van der Waals surface area contributed by atoms with Crippen LogP contribution in [0.2, 0.25) is 0 Å². The Labute approximate surface area is 76.9 Å². The van der Waals surface area contributed by atoms with Crippen molar-refractivity contribution in [1.82, 2.24) is 14.8 Å². The van der Waals surface area contributed by atoms with Crippen molar-refractivity contribution in [2.24, 2.45) is 5.73 Å². The molecule has 0 saturated carbocycles. The van der Waals surface area contributed by atoms with E-state index in [1.54, 1.807) is 6.33 Å². The average Bonchev–Trinajstić information content (AvgIpc) is 2.67. The summed E-state index contributed by atoms with van der Waals surface area (Å²) in [6.45, 7) is 2.02. The first kappa shape index (κ1) is 8.65. The lowest BCUT2D eigenvalue weighted by Crippen LogP contribution is -2.21. The predicted molar refractivity (Wildman–Crippen MR) is 47.0 cm³/mol. The predicted octanol–water partition coefficient (Wildman–Crippen LogP) is 0.0883. The number of nitrogens with two attached hydrogens (primary N) is 1. The Morgan fingerprint density at radius 1 is 1.69 bits per heavy atom. The summed E-state index contributed by atoms with van der Waals surface area (Å²) in [6.07, 6.45) is 3.96. The molecule has 1 aromatic rings. The van der Waals surface area contributed by atoms with Crippen LogP contribution in [0.5, 0.6) is 0 Å². The molecule has 1 unspecified atom stereocenters. The first-order chi connectivity index (χ1) is 6.40. The molecule has 0 spiro atoms. The number of hydrogen-bond acceptors (Lipinski definition) is 4. The summed E-state index contributed by atoms with van der Waals surface area (Å²) in [4.78, 5) is 4.08. The largest absolute Gasteiger partial charge is 0.379 e. The molecule has 13 heavy (non-hydrogen) atoms. The SMILES string of the molecule is NCc1ncn(C2CCCOC2)n1. The lowest BCUT2D eigenvalue weighted by Gasteiger charge is -2.21. The summed E-state index contributed by atoms with van der Waals surface area (Å²) in [5.41, 5.74) is 5.42. The molecule has 5 nitrogen and oxygen atoms in total. The second-order valence-corrected chi connectivity index (χ2v) is 3.22. The molecule has 1 saturated heterocycles. The van der Waals surface area contributed by atoms with Crippen LogP contribution in [-0.4, -0.2) is 28.0 Å². The van der Waals surface area contributed by atoms with Crippen molar-refractivity contribution < 1.29 is 4.74 Å². The van der Waals surface area contributed by atoms with Crippen LogP contribution in [0.1, 0.15) is 24.7 Å². The molecule has 0 amide bonds. The van der Waals surface area contributed by atoms with Gasteiger partial charge in [0.25, 0.3) is 0 Å². The van der Waals surface area contributed by atoms with Gasteiger partial charge in [-0.2, -0.15) is 5.10 Å². The maximum Gasteiger partial charge on any atom is 0.164 e. The molecule has 2 N–H and O–H groups in total. The lowest BCUT2D eigenvalue weighted by atomic mass is 10.1. The Morgan fingerprint density at radius 2 is 2.62 bits per heavy atom. The summed E-state index contributed by atoms with van der Waals surface area (Å²) in [5.74, 6) is 0.700. The summed E-state index contributed by atoms with van der Waals surface area (Å²) in [6, 6.07) is 0.349. The minimum atomic E-state index is 0.349. The molecule has 1 aliphatic rings. The van der Waals surface area contributed by atoms with Crippen molar-refractivity contribution in [3.05, 3.63) is 12.2 Å². The zero-order valence-electron chi connectivity index (χ0n) is 7.52. The molecule has 5 heteroatoms. The Morgan fingerprint density at radius 3 is 3.23 bits per heavy atom. The van der Waals surface area contributed by atoms with Crippen LogP contribution < -0.4 is 5.73 Å². The van der Waals surface area contributed by atoms with Crippen molar-refractivity contribution >= 4 is 0 Å². The highest BCUT2D eigenvalue weighted by Gasteiger charge is 2.16. The van der Waals surface area contributed by atoms with E-state index in [2.05, 4.69) is 10.1 Å². The van der Waals surface area contributed by atoms with E-state index in [0.29, 0.717) is 18.4 Å². The number of aromatic nitrogens is 3. The fraction of sp³-hybridized carbons (Fsp3) is 0.750. The highest BCUT2D eigenvalue weighted by Crippen LogP contribution is 2.17. The van der Waals surface area contributed by atoms with Crippen LogP contribution in [0.4, 0.5) is 0 Å². The Hall–Kier alpha value is -0.940. The Balaban J connectivity index is 2.05. The third kappa shape index (κ3) is 1.87. The summed E-state index contributed by atoms with van der Waals surface area (Å²) >= 11 is 0. The van der Waals surface area contributed by atoms with Gasteiger partial charge in [-0.15, -0.1) is 0 Å². The zero-order valence-corrected chi connectivity index (χ0v) is 7.52. The van der Waals surface area contributed by atoms with Crippen molar-refractivity contribution in [3.63, 3.8) is 0 Å². The molecule has 2 heterocycles. The zero-order chi connectivity index (χ0) is 9.10. The van der Waals surface area contributed by atoms with E-state index in [-0.39, 0.29) is 0 Å². The minimum Gasteiger partial charge on any atom is -0.379 e. The Bertz CT molecular complexity index is 267. The van der Waals surface area contributed by atoms with Gasteiger partial charge in [-0.25, -0.2) is 9.67 Å². The third-order valence-electron chi connectivity index (χ3n) is 2.25. The highest BCUT2D eigenvalue weighted by atomic mass is 16.5. The molecule has 0 aliphatic carbocycles. The molecular weight excluding hydrogens is 168 g/mol. The first-order valence-electron chi connectivity index (χ1n) is 4.58. The van der Waals surface area contributed by atoms with Crippen LogP contribution in [-0.2, 0) is 11.3 Å². The van der Waals surface area contributed by atoms with Gasteiger partial charge >= 0.3 is 0 Å². The number of hydrogen-bond donors (Lipinski definition) is 1. The fourth-order valence-corrected chi connectivity index (χ4v) is 1.51. The molecule has 1 atom stereocenters. The van der Waals surface area contributed by atoms with Gasteiger partial charge in [0.15, 0.2) is 5.82 Å². The van der Waals surface area contributed by atoms with Crippen molar-refractivity contribution in [2.45, 2.75) is 25.4 Å². The molecule has 0 bridgehead atoms. The van der Waals surface area contributed by atoms with E-state index >= 15 is 0 Å². The van der Waals surface area contributed by atoms with Crippen LogP contribution in [0.15, 0.2) is 6.33 Å². The van der Waals surface area contributed by atoms with Crippen LogP contribution >= 0.6 is 0 Å². The van der Waals surface area contributed by atoms with E-state index in [0.717, 1.165) is 26.1 Å². The molecule has 1 fully saturated rings. The van der Waals surface area contributed by atoms with Gasteiger partial charge in [-0.1, -0.05) is 0 Å². The minimum absolute atomic E-state index is 0.349. The van der Waals surface area contributed by atoms with Gasteiger partial charge in [0.2, 0.25) is 0 Å². The normalized spacial score (nSPS) is 23.3. The Kier molecular flexibility index (Phi) is 2.56. The van der Waals surface area contributed by atoms with Gasteiger partial charge in [-0.3, -0.25) is 0 Å². The van der Waals surface area contributed by atoms with E-state index in [1.807, 2.05) is 4.68 Å².